The van der Waals surface area contributed by atoms with E-state index in [-0.39, 0.29) is 8.81 Å². The predicted molar refractivity (Wildman–Crippen MR) is 115 cm³/mol. The number of hydrogen-bond donors (Lipinski definition) is 0. The van der Waals surface area contributed by atoms with Gasteiger partial charge in [-0.25, -0.2) is 4.79 Å². The van der Waals surface area contributed by atoms with Gasteiger partial charge in [0, 0.05) is 0 Å². The molecule has 3 rings (SSSR count). The number of carbonyl (C=O) groups is 1. The summed E-state index contributed by atoms with van der Waals surface area (Å²) in [6.07, 6.45) is -0.671. The molecule has 0 amide bonds. The number of ether oxygens (including phenoxy) is 1. The zero-order chi connectivity index (χ0) is 20.1. The van der Waals surface area contributed by atoms with Gasteiger partial charge in [-0.3, -0.25) is 0 Å². The van der Waals surface area contributed by atoms with Crippen molar-refractivity contribution in [1.29, 1.82) is 0 Å². The molecule has 3 aromatic rings. The Morgan fingerprint density at radius 3 is 1.46 bits per heavy atom. The van der Waals surface area contributed by atoms with E-state index in [1.54, 1.807) is 0 Å². The molecule has 0 saturated carbocycles. The average Bonchev–Trinajstić information content (AvgIpc) is 2.68. The molecule has 4 heteroatoms. The second-order valence-corrected chi connectivity index (χ2v) is 8.17. The van der Waals surface area contributed by atoms with Crippen LogP contribution in [0.25, 0.3) is 0 Å². The van der Waals surface area contributed by atoms with E-state index in [1.807, 2.05) is 18.2 Å². The molecule has 3 aromatic carbocycles. The second-order valence-electron chi connectivity index (χ2n) is 7.02. The lowest BCUT2D eigenvalue weighted by molar-refractivity contribution is 0.127. The molecule has 0 aliphatic carbocycles. The predicted octanol–water partition coefficient (Wildman–Crippen LogP) is 6.28. The highest BCUT2D eigenvalue weighted by Crippen LogP contribution is 2.53. The van der Waals surface area contributed by atoms with Crippen LogP contribution >= 0.6 is 8.81 Å². The molecule has 0 bridgehead atoms. The maximum absolute atomic E-state index is 11.9. The van der Waals surface area contributed by atoms with Gasteiger partial charge in [0.1, 0.15) is 8.81 Å². The van der Waals surface area contributed by atoms with Crippen LogP contribution in [-0.2, 0) is 14.4 Å². The summed E-state index contributed by atoms with van der Waals surface area (Å²) in [5.41, 5.74) is 6.74. The van der Waals surface area contributed by atoms with Crippen LogP contribution in [0.5, 0.6) is 0 Å². The van der Waals surface area contributed by atoms with Crippen LogP contribution in [-0.4, -0.2) is 13.3 Å². The van der Waals surface area contributed by atoms with Crippen molar-refractivity contribution in [2.45, 2.75) is 25.9 Å². The molecular formula is C24H25O3P. The SMILES string of the molecule is COC(=O)OPC(c1cccc(C)c1)(c1cccc(C)c1)c1cccc(C)c1. The number of hydrogen-bond acceptors (Lipinski definition) is 3. The van der Waals surface area contributed by atoms with Crippen LogP contribution in [0.3, 0.4) is 0 Å². The zero-order valence-electron chi connectivity index (χ0n) is 16.7. The van der Waals surface area contributed by atoms with E-state index in [0.29, 0.717) is 0 Å². The van der Waals surface area contributed by atoms with Gasteiger partial charge in [-0.05, 0) is 37.5 Å². The number of methoxy groups -OCH3 is 1. The summed E-state index contributed by atoms with van der Waals surface area (Å²) in [4.78, 5) is 11.9. The lowest BCUT2D eigenvalue weighted by Gasteiger charge is -2.35. The van der Waals surface area contributed by atoms with Crippen molar-refractivity contribution in [3.8, 4) is 0 Å². The zero-order valence-corrected chi connectivity index (χ0v) is 17.7. The Bertz CT molecular complexity index is 870. The highest BCUT2D eigenvalue weighted by atomic mass is 31.1. The van der Waals surface area contributed by atoms with Crippen molar-refractivity contribution in [2.75, 3.05) is 7.11 Å². The van der Waals surface area contributed by atoms with Crippen LogP contribution in [0, 0.1) is 20.8 Å². The van der Waals surface area contributed by atoms with E-state index in [4.69, 9.17) is 9.26 Å². The quantitative estimate of drug-likeness (QED) is 0.291. The normalized spacial score (nSPS) is 11.6. The van der Waals surface area contributed by atoms with Gasteiger partial charge in [0.05, 0.1) is 12.3 Å². The van der Waals surface area contributed by atoms with Gasteiger partial charge in [0.2, 0.25) is 0 Å². The summed E-state index contributed by atoms with van der Waals surface area (Å²) in [6.45, 7) is 6.22. The molecule has 0 aliphatic rings. The lowest BCUT2D eigenvalue weighted by Crippen LogP contribution is -2.25. The highest BCUT2D eigenvalue weighted by Gasteiger charge is 2.39. The van der Waals surface area contributed by atoms with E-state index < -0.39 is 11.3 Å². The molecule has 3 nitrogen and oxygen atoms in total. The van der Waals surface area contributed by atoms with E-state index >= 15 is 0 Å². The van der Waals surface area contributed by atoms with Gasteiger partial charge in [0.25, 0.3) is 0 Å². The molecule has 0 aliphatic heterocycles. The number of aryl methyl sites for hydroxylation is 3. The molecule has 0 aromatic heterocycles. The van der Waals surface area contributed by atoms with Crippen molar-refractivity contribution in [3.63, 3.8) is 0 Å². The molecule has 0 radical (unpaired) electrons. The van der Waals surface area contributed by atoms with Crippen LogP contribution < -0.4 is 0 Å². The summed E-state index contributed by atoms with van der Waals surface area (Å²) in [5, 5.41) is -0.613. The summed E-state index contributed by atoms with van der Waals surface area (Å²) in [7, 11) is 1.16. The van der Waals surface area contributed by atoms with Gasteiger partial charge >= 0.3 is 6.16 Å². The second kappa shape index (κ2) is 8.58. The van der Waals surface area contributed by atoms with Crippen molar-refractivity contribution in [1.82, 2.24) is 0 Å². The largest absolute Gasteiger partial charge is 0.510 e. The maximum atomic E-state index is 11.9. The summed E-state index contributed by atoms with van der Waals surface area (Å²) in [6, 6.07) is 25.2. The van der Waals surface area contributed by atoms with Crippen molar-refractivity contribution in [2.24, 2.45) is 0 Å². The van der Waals surface area contributed by atoms with Crippen LogP contribution in [0.4, 0.5) is 4.79 Å². The van der Waals surface area contributed by atoms with Crippen molar-refractivity contribution >= 4 is 15.0 Å². The van der Waals surface area contributed by atoms with Crippen molar-refractivity contribution < 1.29 is 14.1 Å². The smallest absolute Gasteiger partial charge is 0.437 e. The lowest BCUT2D eigenvalue weighted by atomic mass is 9.82. The minimum absolute atomic E-state index is 0.172. The van der Waals surface area contributed by atoms with Crippen LogP contribution in [0.1, 0.15) is 33.4 Å². The molecule has 1 unspecified atom stereocenters. The molecule has 0 fully saturated rings. The standard InChI is InChI=1S/C24H25O3P/c1-17-8-5-11-20(14-17)24(28-27-23(25)26-4,21-12-6-9-18(2)15-21)22-13-7-10-19(3)16-22/h5-16,28H,1-4H3. The molecule has 144 valence electrons. The Morgan fingerprint density at radius 2 is 1.14 bits per heavy atom. The Kier molecular flexibility index (Phi) is 6.16. The number of benzene rings is 3. The monoisotopic (exact) mass is 392 g/mol. The van der Waals surface area contributed by atoms with Gasteiger partial charge in [-0.15, -0.1) is 0 Å². The number of carbonyl (C=O) groups excluding carboxylic acids is 1. The fraction of sp³-hybridized carbons (Fsp3) is 0.208. The third kappa shape index (κ3) is 4.10. The molecule has 0 N–H and O–H groups in total. The molecule has 0 spiro atoms. The first-order chi connectivity index (χ1) is 13.5. The molecule has 1 atom stereocenters. The Morgan fingerprint density at radius 1 is 0.750 bits per heavy atom. The average molecular weight is 392 g/mol. The third-order valence-electron chi connectivity index (χ3n) is 4.81. The molecule has 0 heterocycles. The van der Waals surface area contributed by atoms with Crippen LogP contribution in [0.15, 0.2) is 72.8 Å². The fourth-order valence-electron chi connectivity index (χ4n) is 3.47. The highest BCUT2D eigenvalue weighted by molar-refractivity contribution is 7.35. The van der Waals surface area contributed by atoms with E-state index in [2.05, 4.69) is 75.4 Å². The first kappa shape index (κ1) is 20.1. The topological polar surface area (TPSA) is 35.5 Å². The molecule has 28 heavy (non-hydrogen) atoms. The third-order valence-corrected chi connectivity index (χ3v) is 6.25. The van der Waals surface area contributed by atoms with Gasteiger partial charge in [-0.2, -0.15) is 0 Å². The molecular weight excluding hydrogens is 367 g/mol. The minimum Gasteiger partial charge on any atom is -0.437 e. The molecule has 0 saturated heterocycles. The van der Waals surface area contributed by atoms with E-state index in [0.717, 1.165) is 33.4 Å². The Labute approximate surface area is 168 Å². The van der Waals surface area contributed by atoms with Crippen molar-refractivity contribution in [3.05, 3.63) is 106 Å². The van der Waals surface area contributed by atoms with E-state index in [9.17, 15) is 4.79 Å². The van der Waals surface area contributed by atoms with Gasteiger partial charge < -0.3 is 9.26 Å². The summed E-state index contributed by atoms with van der Waals surface area (Å²) >= 11 is 0. The maximum Gasteiger partial charge on any atom is 0.510 e. The summed E-state index contributed by atoms with van der Waals surface area (Å²) in [5.74, 6) is 0. The van der Waals surface area contributed by atoms with Gasteiger partial charge in [0.15, 0.2) is 0 Å². The fourth-order valence-corrected chi connectivity index (χ4v) is 4.61. The van der Waals surface area contributed by atoms with Crippen LogP contribution in [0.2, 0.25) is 0 Å². The summed E-state index contributed by atoms with van der Waals surface area (Å²) < 4.78 is 10.4. The van der Waals surface area contributed by atoms with E-state index in [1.165, 1.54) is 7.11 Å². The first-order valence-corrected chi connectivity index (χ1v) is 10.1. The minimum atomic E-state index is -0.671. The first-order valence-electron chi connectivity index (χ1n) is 9.19. The Balaban J connectivity index is 2.31. The Hall–Kier alpha value is -2.64. The number of rotatable bonds is 5. The van der Waals surface area contributed by atoms with Gasteiger partial charge in [-0.1, -0.05) is 89.5 Å².